The zero-order chi connectivity index (χ0) is 25.9. The topological polar surface area (TPSA) is 107 Å². The Balaban J connectivity index is 1.38. The lowest BCUT2D eigenvalue weighted by atomic mass is 10.0. The number of nitrogens with zero attached hydrogens (tertiary/aromatic N) is 2. The summed E-state index contributed by atoms with van der Waals surface area (Å²) in [6.45, 7) is 4.37. The van der Waals surface area contributed by atoms with E-state index in [1.807, 2.05) is 60.7 Å². The number of carbonyl (C=O) groups is 2. The average molecular weight is 506 g/mol. The third kappa shape index (κ3) is 5.91. The highest BCUT2D eigenvalue weighted by Crippen LogP contribution is 2.20. The number of piperazine rings is 1. The minimum Gasteiger partial charge on any atom is -0.480 e. The highest BCUT2D eigenvalue weighted by molar-refractivity contribution is 7.87. The Bertz CT molecular complexity index is 1460. The summed E-state index contributed by atoms with van der Waals surface area (Å²) < 4.78 is 28.2. The van der Waals surface area contributed by atoms with E-state index in [9.17, 15) is 18.0 Å². The van der Waals surface area contributed by atoms with Crippen molar-refractivity contribution in [1.82, 2.24) is 9.03 Å². The predicted octanol–water partition coefficient (Wildman–Crippen LogP) is 2.87. The molecule has 1 saturated heterocycles. The molecule has 0 radical (unpaired) electrons. The summed E-state index contributed by atoms with van der Waals surface area (Å²) >= 11 is 0. The van der Waals surface area contributed by atoms with Crippen LogP contribution in [0.1, 0.15) is 35.3 Å². The lowest BCUT2D eigenvalue weighted by Gasteiger charge is -2.35. The number of ketones is 1. The fraction of sp³-hybridized carbons (Fsp3) is 0.259. The molecule has 0 aromatic heterocycles. The molecular weight excluding hydrogens is 478 g/mol. The smallest absolute Gasteiger partial charge is 0.321 e. The summed E-state index contributed by atoms with van der Waals surface area (Å²) in [5.41, 5.74) is 3.40. The van der Waals surface area contributed by atoms with E-state index in [4.69, 9.17) is 5.11 Å². The second kappa shape index (κ2) is 10.5. The third-order valence-corrected chi connectivity index (χ3v) is 7.80. The van der Waals surface area contributed by atoms with E-state index in [0.29, 0.717) is 18.7 Å². The molecule has 36 heavy (non-hydrogen) atoms. The van der Waals surface area contributed by atoms with E-state index in [1.165, 1.54) is 11.2 Å². The van der Waals surface area contributed by atoms with Crippen LogP contribution in [0.15, 0.2) is 60.7 Å². The van der Waals surface area contributed by atoms with E-state index < -0.39 is 22.2 Å². The fourth-order valence-electron chi connectivity index (χ4n) is 3.98. The quantitative estimate of drug-likeness (QED) is 0.394. The maximum Gasteiger partial charge on any atom is 0.321 e. The average Bonchev–Trinajstić information content (AvgIpc) is 2.87. The second-order valence-electron chi connectivity index (χ2n) is 8.70. The standard InChI is InChI=1S/C27H27N3O5S/c1-19(27(32)33)28-36(34,35)30-15-13-29(14-16-30)26-11-6-21(7-12-26)3-4-22-5-8-25-18-23(20(2)31)9-10-24(25)17-22/h5-12,17-19,28H,13-16H2,1-2H3,(H,32,33). The maximum absolute atomic E-state index is 12.4. The van der Waals surface area contributed by atoms with Crippen molar-refractivity contribution in [1.29, 1.82) is 0 Å². The van der Waals surface area contributed by atoms with Gasteiger partial charge in [-0.3, -0.25) is 9.59 Å². The molecule has 1 atom stereocenters. The molecule has 9 heteroatoms. The summed E-state index contributed by atoms with van der Waals surface area (Å²) in [7, 11) is -3.85. The van der Waals surface area contributed by atoms with E-state index in [-0.39, 0.29) is 18.9 Å². The number of anilines is 1. The van der Waals surface area contributed by atoms with Crippen molar-refractivity contribution in [2.24, 2.45) is 0 Å². The van der Waals surface area contributed by atoms with Crippen LogP contribution in [-0.2, 0) is 15.0 Å². The lowest BCUT2D eigenvalue weighted by Crippen LogP contribution is -2.54. The van der Waals surface area contributed by atoms with Gasteiger partial charge in [0.2, 0.25) is 0 Å². The van der Waals surface area contributed by atoms with Crippen LogP contribution in [0, 0.1) is 11.8 Å². The van der Waals surface area contributed by atoms with Gasteiger partial charge in [0.15, 0.2) is 5.78 Å². The molecule has 1 heterocycles. The zero-order valence-electron chi connectivity index (χ0n) is 20.1. The van der Waals surface area contributed by atoms with Crippen molar-refractivity contribution in [2.75, 3.05) is 31.1 Å². The van der Waals surface area contributed by atoms with Crippen LogP contribution in [0.25, 0.3) is 10.8 Å². The van der Waals surface area contributed by atoms with Crippen LogP contribution in [0.2, 0.25) is 0 Å². The van der Waals surface area contributed by atoms with Crippen molar-refractivity contribution >= 4 is 38.4 Å². The molecule has 3 aromatic carbocycles. The summed E-state index contributed by atoms with van der Waals surface area (Å²) in [5.74, 6) is 5.18. The first-order valence-corrected chi connectivity index (χ1v) is 13.0. The van der Waals surface area contributed by atoms with Gasteiger partial charge in [0.25, 0.3) is 10.2 Å². The molecular formula is C27H27N3O5S. The molecule has 0 bridgehead atoms. The van der Waals surface area contributed by atoms with Crippen molar-refractivity contribution in [2.45, 2.75) is 19.9 Å². The number of carboxylic acid groups (broad SMARTS) is 1. The van der Waals surface area contributed by atoms with Crippen LogP contribution < -0.4 is 9.62 Å². The fourth-order valence-corrected chi connectivity index (χ4v) is 5.32. The molecule has 8 nitrogen and oxygen atoms in total. The monoisotopic (exact) mass is 505 g/mol. The van der Waals surface area contributed by atoms with Gasteiger partial charge in [0.05, 0.1) is 0 Å². The number of nitrogens with one attached hydrogen (secondary N) is 1. The first-order chi connectivity index (χ1) is 17.1. The van der Waals surface area contributed by atoms with Crippen molar-refractivity contribution in [3.63, 3.8) is 0 Å². The van der Waals surface area contributed by atoms with Crippen LogP contribution >= 0.6 is 0 Å². The Morgan fingerprint density at radius 1 is 0.889 bits per heavy atom. The molecule has 186 valence electrons. The minimum absolute atomic E-state index is 0.0403. The highest BCUT2D eigenvalue weighted by atomic mass is 32.2. The van der Waals surface area contributed by atoms with Crippen molar-refractivity contribution in [3.8, 4) is 11.8 Å². The normalized spacial score (nSPS) is 15.2. The van der Waals surface area contributed by atoms with Crippen LogP contribution in [0.5, 0.6) is 0 Å². The Morgan fingerprint density at radius 3 is 2.11 bits per heavy atom. The Labute approximate surface area is 210 Å². The Kier molecular flexibility index (Phi) is 7.40. The predicted molar refractivity (Wildman–Crippen MR) is 139 cm³/mol. The van der Waals surface area contributed by atoms with Gasteiger partial charge in [0.1, 0.15) is 6.04 Å². The number of benzene rings is 3. The first-order valence-electron chi connectivity index (χ1n) is 11.5. The van der Waals surface area contributed by atoms with E-state index in [1.54, 1.807) is 6.92 Å². The van der Waals surface area contributed by atoms with Gasteiger partial charge in [-0.2, -0.15) is 17.4 Å². The minimum atomic E-state index is -3.85. The lowest BCUT2D eigenvalue weighted by molar-refractivity contribution is -0.138. The molecule has 0 amide bonds. The van der Waals surface area contributed by atoms with Crippen LogP contribution in [-0.4, -0.2) is 61.8 Å². The van der Waals surface area contributed by atoms with Crippen LogP contribution in [0.4, 0.5) is 5.69 Å². The number of carbonyl (C=O) groups excluding carboxylic acids is 1. The molecule has 1 aliphatic rings. The molecule has 0 spiro atoms. The molecule has 1 aliphatic heterocycles. The van der Waals surface area contributed by atoms with Gasteiger partial charge in [-0.15, -0.1) is 0 Å². The van der Waals surface area contributed by atoms with Gasteiger partial charge < -0.3 is 10.0 Å². The molecule has 4 rings (SSSR count). The highest BCUT2D eigenvalue weighted by Gasteiger charge is 2.29. The molecule has 3 aromatic rings. The molecule has 0 aliphatic carbocycles. The molecule has 1 fully saturated rings. The van der Waals surface area contributed by atoms with Crippen molar-refractivity contribution < 1.29 is 23.1 Å². The van der Waals surface area contributed by atoms with E-state index in [0.717, 1.165) is 27.6 Å². The Morgan fingerprint density at radius 2 is 1.47 bits per heavy atom. The van der Waals surface area contributed by atoms with Gasteiger partial charge in [-0.25, -0.2) is 0 Å². The number of Topliss-reactive ketones (excluding diaryl/α,β-unsaturated/α-hetero) is 1. The summed E-state index contributed by atoms with van der Waals surface area (Å²) in [4.78, 5) is 24.6. The van der Waals surface area contributed by atoms with Gasteiger partial charge in [0, 0.05) is 48.6 Å². The summed E-state index contributed by atoms with van der Waals surface area (Å²) in [6, 6.07) is 18.1. The molecule has 2 N–H and O–H groups in total. The zero-order valence-corrected chi connectivity index (χ0v) is 20.9. The van der Waals surface area contributed by atoms with E-state index >= 15 is 0 Å². The number of carboxylic acids is 1. The van der Waals surface area contributed by atoms with E-state index in [2.05, 4.69) is 21.5 Å². The van der Waals surface area contributed by atoms with Gasteiger partial charge >= 0.3 is 5.97 Å². The Hall–Kier alpha value is -3.71. The van der Waals surface area contributed by atoms with Gasteiger partial charge in [-0.05, 0) is 67.1 Å². The number of hydrogen-bond acceptors (Lipinski definition) is 5. The third-order valence-electron chi connectivity index (χ3n) is 6.11. The number of fused-ring (bicyclic) bond motifs is 1. The first kappa shape index (κ1) is 25.4. The second-order valence-corrected chi connectivity index (χ2v) is 10.4. The molecule has 1 unspecified atom stereocenters. The number of hydrogen-bond donors (Lipinski definition) is 2. The van der Waals surface area contributed by atoms with Gasteiger partial charge in [-0.1, -0.05) is 30.0 Å². The number of rotatable bonds is 6. The molecule has 0 saturated carbocycles. The SMILES string of the molecule is CC(=O)c1ccc2cc(C#Cc3ccc(N4CCN(S(=O)(=O)NC(C)C(=O)O)CC4)cc3)ccc2c1. The maximum atomic E-state index is 12.4. The summed E-state index contributed by atoms with van der Waals surface area (Å²) in [6.07, 6.45) is 0. The largest absolute Gasteiger partial charge is 0.480 e. The van der Waals surface area contributed by atoms with Crippen molar-refractivity contribution in [3.05, 3.63) is 77.4 Å². The van der Waals surface area contributed by atoms with Crippen LogP contribution in [0.3, 0.4) is 0 Å². The summed E-state index contributed by atoms with van der Waals surface area (Å²) in [5, 5.41) is 11.0. The number of aliphatic carboxylic acids is 1.